The molecule has 2 atom stereocenters. The zero-order valence-electron chi connectivity index (χ0n) is 19.7. The number of halogens is 1. The van der Waals surface area contributed by atoms with Crippen LogP contribution in [0.2, 0.25) is 5.02 Å². The predicted octanol–water partition coefficient (Wildman–Crippen LogP) is 3.78. The summed E-state index contributed by atoms with van der Waals surface area (Å²) in [6, 6.07) is 12.7. The van der Waals surface area contributed by atoms with Crippen LogP contribution in [0.3, 0.4) is 0 Å². The van der Waals surface area contributed by atoms with Crippen LogP contribution in [0, 0.1) is 0 Å². The van der Waals surface area contributed by atoms with E-state index in [-0.39, 0.29) is 34.1 Å². The van der Waals surface area contributed by atoms with Gasteiger partial charge >= 0.3 is 0 Å². The summed E-state index contributed by atoms with van der Waals surface area (Å²) in [4.78, 5) is 15.2. The molecule has 7 nitrogen and oxygen atoms in total. The highest BCUT2D eigenvalue weighted by molar-refractivity contribution is 7.92. The number of rotatable bonds is 7. The monoisotopic (exact) mass is 493 g/mol. The van der Waals surface area contributed by atoms with Crippen LogP contribution in [-0.4, -0.2) is 63.7 Å². The smallest absolute Gasteiger partial charge is 0.264 e. The first-order valence-corrected chi connectivity index (χ1v) is 12.8. The minimum atomic E-state index is -3.87. The molecule has 9 heteroatoms. The number of benzene rings is 2. The van der Waals surface area contributed by atoms with E-state index in [2.05, 4.69) is 24.1 Å². The highest BCUT2D eigenvalue weighted by Crippen LogP contribution is 2.25. The van der Waals surface area contributed by atoms with E-state index in [1.165, 1.54) is 19.2 Å². The lowest BCUT2D eigenvalue weighted by Crippen LogP contribution is -2.58. The van der Waals surface area contributed by atoms with Gasteiger partial charge in [0.15, 0.2) is 0 Å². The number of morpholine rings is 1. The lowest BCUT2D eigenvalue weighted by atomic mass is 10.00. The van der Waals surface area contributed by atoms with Crippen molar-refractivity contribution in [2.45, 2.75) is 50.3 Å². The molecule has 1 fully saturated rings. The van der Waals surface area contributed by atoms with Crippen molar-refractivity contribution in [3.8, 4) is 0 Å². The van der Waals surface area contributed by atoms with E-state index < -0.39 is 10.0 Å². The molecule has 1 heterocycles. The summed E-state index contributed by atoms with van der Waals surface area (Å²) in [5.74, 6) is -0.320. The van der Waals surface area contributed by atoms with Crippen molar-refractivity contribution in [2.75, 3.05) is 31.0 Å². The van der Waals surface area contributed by atoms with E-state index in [0.717, 1.165) is 17.4 Å². The standard InChI is InChI=1S/C24H32ClN3O4S/c1-17-14-28(15-18(2)32-17)24(3,4)16-26-23(29)19-8-6-11-22(12-19)33(30,31)27(5)21-10-7-9-20(25)13-21/h6-13,17-18H,14-16H2,1-5H3,(H,26,29). The maximum Gasteiger partial charge on any atom is 0.264 e. The number of nitrogens with one attached hydrogen (secondary N) is 1. The van der Waals surface area contributed by atoms with Gasteiger partial charge in [-0.15, -0.1) is 0 Å². The number of hydrogen-bond donors (Lipinski definition) is 1. The molecule has 3 rings (SSSR count). The normalized spacial score (nSPS) is 19.8. The van der Waals surface area contributed by atoms with Gasteiger partial charge in [-0.3, -0.25) is 14.0 Å². The molecule has 1 N–H and O–H groups in total. The molecule has 2 unspecified atom stereocenters. The average Bonchev–Trinajstić information content (AvgIpc) is 2.76. The molecule has 0 aliphatic carbocycles. The molecule has 0 saturated carbocycles. The van der Waals surface area contributed by atoms with E-state index in [1.807, 2.05) is 13.8 Å². The zero-order chi connectivity index (χ0) is 24.4. The summed E-state index contributed by atoms with van der Waals surface area (Å²) in [6.45, 7) is 10.3. The first kappa shape index (κ1) is 25.5. The minimum absolute atomic E-state index is 0.0349. The van der Waals surface area contributed by atoms with Crippen molar-refractivity contribution in [1.29, 1.82) is 0 Å². The molecule has 180 valence electrons. The first-order valence-electron chi connectivity index (χ1n) is 10.9. The molecule has 2 aromatic rings. The Balaban J connectivity index is 1.73. The molecular weight excluding hydrogens is 462 g/mol. The third-order valence-corrected chi connectivity index (χ3v) is 7.90. The molecule has 0 radical (unpaired) electrons. The molecule has 33 heavy (non-hydrogen) atoms. The van der Waals surface area contributed by atoms with E-state index in [4.69, 9.17) is 16.3 Å². The van der Waals surface area contributed by atoms with Crippen molar-refractivity contribution < 1.29 is 17.9 Å². The third-order valence-electron chi connectivity index (χ3n) is 5.88. The Bertz CT molecular complexity index is 1100. The van der Waals surface area contributed by atoms with Gasteiger partial charge in [-0.2, -0.15) is 0 Å². The molecule has 1 aliphatic rings. The Hall–Kier alpha value is -2.13. The van der Waals surface area contributed by atoms with Gasteiger partial charge in [0.05, 0.1) is 22.8 Å². The van der Waals surface area contributed by atoms with Crippen molar-refractivity contribution >= 4 is 33.2 Å². The quantitative estimate of drug-likeness (QED) is 0.635. The van der Waals surface area contributed by atoms with Crippen molar-refractivity contribution in [3.05, 3.63) is 59.1 Å². The summed E-state index contributed by atoms with van der Waals surface area (Å²) < 4.78 is 33.2. The van der Waals surface area contributed by atoms with Crippen molar-refractivity contribution in [2.24, 2.45) is 0 Å². The van der Waals surface area contributed by atoms with E-state index in [1.54, 1.807) is 36.4 Å². The lowest BCUT2D eigenvalue weighted by Gasteiger charge is -2.45. The maximum atomic E-state index is 13.1. The number of ether oxygens (including phenoxy) is 1. The van der Waals surface area contributed by atoms with Crippen LogP contribution in [0.25, 0.3) is 0 Å². The van der Waals surface area contributed by atoms with E-state index in [9.17, 15) is 13.2 Å². The lowest BCUT2D eigenvalue weighted by molar-refractivity contribution is -0.0948. The Kier molecular flexibility index (Phi) is 7.73. The van der Waals surface area contributed by atoms with Gasteiger partial charge in [0.25, 0.3) is 15.9 Å². The second kappa shape index (κ2) is 10.0. The van der Waals surface area contributed by atoms with Gasteiger partial charge in [0.2, 0.25) is 0 Å². The molecule has 1 saturated heterocycles. The van der Waals surface area contributed by atoms with Crippen LogP contribution < -0.4 is 9.62 Å². The largest absolute Gasteiger partial charge is 0.373 e. The fraction of sp³-hybridized carbons (Fsp3) is 0.458. The highest BCUT2D eigenvalue weighted by atomic mass is 35.5. The third kappa shape index (κ3) is 6.06. The molecular formula is C24H32ClN3O4S. The second-order valence-electron chi connectivity index (χ2n) is 9.14. The van der Waals surface area contributed by atoms with Gasteiger partial charge in [-0.1, -0.05) is 23.7 Å². The number of amides is 1. The number of carbonyl (C=O) groups excluding carboxylic acids is 1. The van der Waals surface area contributed by atoms with Gasteiger partial charge in [0, 0.05) is 42.8 Å². The predicted molar refractivity (Wildman–Crippen MR) is 131 cm³/mol. The van der Waals surface area contributed by atoms with Gasteiger partial charge in [0.1, 0.15) is 0 Å². The summed E-state index contributed by atoms with van der Waals surface area (Å²) >= 11 is 6.01. The average molecular weight is 494 g/mol. The van der Waals surface area contributed by atoms with Crippen LogP contribution in [0.4, 0.5) is 5.69 Å². The SMILES string of the molecule is CC1CN(C(C)(C)CNC(=O)c2cccc(S(=O)(=O)N(C)c3cccc(Cl)c3)c2)CC(C)O1. The Labute approximate surface area is 201 Å². The van der Waals surface area contributed by atoms with E-state index >= 15 is 0 Å². The number of carbonyl (C=O) groups is 1. The number of anilines is 1. The summed E-state index contributed by atoms with van der Waals surface area (Å²) in [5.41, 5.74) is 0.446. The molecule has 2 aromatic carbocycles. The topological polar surface area (TPSA) is 79.0 Å². The number of sulfonamides is 1. The summed E-state index contributed by atoms with van der Waals surface area (Å²) in [6.07, 6.45) is 0.254. The molecule has 0 spiro atoms. The van der Waals surface area contributed by atoms with Crippen LogP contribution in [0.1, 0.15) is 38.1 Å². The molecule has 0 bridgehead atoms. The van der Waals surface area contributed by atoms with Crippen molar-refractivity contribution in [1.82, 2.24) is 10.2 Å². The maximum absolute atomic E-state index is 13.1. The zero-order valence-corrected chi connectivity index (χ0v) is 21.3. The fourth-order valence-electron chi connectivity index (χ4n) is 3.95. The fourth-order valence-corrected chi connectivity index (χ4v) is 5.37. The number of nitrogens with zero attached hydrogens (tertiary/aromatic N) is 2. The molecule has 1 amide bonds. The summed E-state index contributed by atoms with van der Waals surface area (Å²) in [7, 11) is -2.41. The number of hydrogen-bond acceptors (Lipinski definition) is 5. The van der Waals surface area contributed by atoms with Crippen LogP contribution in [0.15, 0.2) is 53.4 Å². The molecule has 1 aliphatic heterocycles. The minimum Gasteiger partial charge on any atom is -0.373 e. The van der Waals surface area contributed by atoms with Gasteiger partial charge in [-0.25, -0.2) is 8.42 Å². The Morgan fingerprint density at radius 3 is 2.42 bits per heavy atom. The Morgan fingerprint density at radius 1 is 1.15 bits per heavy atom. The van der Waals surface area contributed by atoms with Gasteiger partial charge in [-0.05, 0) is 64.1 Å². The highest BCUT2D eigenvalue weighted by Gasteiger charge is 2.33. The van der Waals surface area contributed by atoms with Crippen molar-refractivity contribution in [3.63, 3.8) is 0 Å². The van der Waals surface area contributed by atoms with E-state index in [0.29, 0.717) is 17.3 Å². The second-order valence-corrected chi connectivity index (χ2v) is 11.5. The van der Waals surface area contributed by atoms with Crippen LogP contribution in [-0.2, 0) is 14.8 Å². The van der Waals surface area contributed by atoms with Crippen LogP contribution >= 0.6 is 11.6 Å². The summed E-state index contributed by atoms with van der Waals surface area (Å²) in [5, 5.41) is 3.41. The Morgan fingerprint density at radius 2 is 1.79 bits per heavy atom. The molecule has 0 aromatic heterocycles. The van der Waals surface area contributed by atoms with Gasteiger partial charge < -0.3 is 10.1 Å². The van der Waals surface area contributed by atoms with Crippen LogP contribution in [0.5, 0.6) is 0 Å². The first-order chi connectivity index (χ1) is 15.4.